The molecule has 0 atom stereocenters. The molecule has 3 aromatic rings. The van der Waals surface area contributed by atoms with Crippen molar-refractivity contribution < 1.29 is 40.6 Å². The molecule has 0 aromatic heterocycles. The van der Waals surface area contributed by atoms with Crippen LogP contribution in [0.4, 0.5) is 11.4 Å². The predicted octanol–water partition coefficient (Wildman–Crippen LogP) is 2.57. The normalized spacial score (nSPS) is 14.2. The van der Waals surface area contributed by atoms with E-state index in [1.54, 1.807) is 30.3 Å². The maximum Gasteiger partial charge on any atom is 0.264 e. The fourth-order valence-corrected chi connectivity index (χ4v) is 7.25. The van der Waals surface area contributed by atoms with Gasteiger partial charge in [-0.25, -0.2) is 16.8 Å². The molecule has 0 radical (unpaired) electrons. The topological polar surface area (TPSA) is 141 Å². The van der Waals surface area contributed by atoms with Crippen LogP contribution in [-0.2, 0) is 29.6 Å². The number of morpholine rings is 1. The van der Waals surface area contributed by atoms with Crippen molar-refractivity contribution in [3.05, 3.63) is 66.7 Å². The van der Waals surface area contributed by atoms with Crippen molar-refractivity contribution in [2.45, 2.75) is 9.79 Å². The Morgan fingerprint density at radius 2 is 1.49 bits per heavy atom. The highest BCUT2D eigenvalue weighted by molar-refractivity contribution is 7.92. The maximum absolute atomic E-state index is 13.8. The molecule has 0 bridgehead atoms. The van der Waals surface area contributed by atoms with E-state index >= 15 is 0 Å². The van der Waals surface area contributed by atoms with Crippen molar-refractivity contribution in [1.82, 2.24) is 4.31 Å². The molecule has 1 aliphatic rings. The van der Waals surface area contributed by atoms with E-state index < -0.39 is 32.5 Å². The van der Waals surface area contributed by atoms with Crippen LogP contribution in [-0.4, -0.2) is 81.2 Å². The van der Waals surface area contributed by atoms with Gasteiger partial charge in [-0.1, -0.05) is 18.2 Å². The van der Waals surface area contributed by atoms with E-state index in [0.717, 1.165) is 4.31 Å². The van der Waals surface area contributed by atoms with Crippen LogP contribution in [0.1, 0.15) is 0 Å². The Labute approximate surface area is 239 Å². The zero-order chi connectivity index (χ0) is 29.6. The fourth-order valence-electron chi connectivity index (χ4n) is 4.23. The zero-order valence-corrected chi connectivity index (χ0v) is 24.4. The van der Waals surface area contributed by atoms with Crippen molar-refractivity contribution in [2.75, 3.05) is 63.8 Å². The first-order valence-electron chi connectivity index (χ1n) is 12.5. The molecule has 0 unspecified atom stereocenters. The van der Waals surface area contributed by atoms with Crippen molar-refractivity contribution in [3.8, 4) is 17.2 Å². The van der Waals surface area contributed by atoms with Crippen molar-refractivity contribution in [3.63, 3.8) is 0 Å². The molecule has 1 fully saturated rings. The average molecular weight is 606 g/mol. The summed E-state index contributed by atoms with van der Waals surface area (Å²) in [5.74, 6) is -0.0368. The monoisotopic (exact) mass is 605 g/mol. The van der Waals surface area contributed by atoms with Gasteiger partial charge in [0.15, 0.2) is 11.5 Å². The molecule has 0 aliphatic carbocycles. The molecular formula is C27H31N3O9S2. The van der Waals surface area contributed by atoms with Crippen LogP contribution in [0.3, 0.4) is 0 Å². The summed E-state index contributed by atoms with van der Waals surface area (Å²) in [6.45, 7) is 0.298. The van der Waals surface area contributed by atoms with Crippen LogP contribution in [0.15, 0.2) is 76.5 Å². The Morgan fingerprint density at radius 3 is 2.12 bits per heavy atom. The third-order valence-electron chi connectivity index (χ3n) is 6.31. The number of carbonyl (C=O) groups excluding carboxylic acids is 1. The number of benzene rings is 3. The van der Waals surface area contributed by atoms with E-state index in [0.29, 0.717) is 5.75 Å². The van der Waals surface area contributed by atoms with Gasteiger partial charge in [0.05, 0.1) is 45.1 Å². The summed E-state index contributed by atoms with van der Waals surface area (Å²) in [5.41, 5.74) is 0.405. The van der Waals surface area contributed by atoms with Crippen molar-refractivity contribution in [1.29, 1.82) is 0 Å². The Morgan fingerprint density at radius 1 is 0.854 bits per heavy atom. The number of methoxy groups -OCH3 is 3. The van der Waals surface area contributed by atoms with Crippen molar-refractivity contribution >= 4 is 37.3 Å². The number of rotatable bonds is 11. The van der Waals surface area contributed by atoms with Crippen LogP contribution in [0, 0.1) is 0 Å². The quantitative estimate of drug-likeness (QED) is 0.349. The largest absolute Gasteiger partial charge is 0.495 e. The molecule has 0 spiro atoms. The van der Waals surface area contributed by atoms with E-state index in [1.165, 1.54) is 62.0 Å². The van der Waals surface area contributed by atoms with Crippen LogP contribution in [0.25, 0.3) is 0 Å². The summed E-state index contributed by atoms with van der Waals surface area (Å²) in [4.78, 5) is 13.0. The molecule has 1 amide bonds. The van der Waals surface area contributed by atoms with Gasteiger partial charge in [0.25, 0.3) is 10.0 Å². The number of para-hydroxylation sites is 1. The summed E-state index contributed by atoms with van der Waals surface area (Å²) < 4.78 is 77.4. The lowest BCUT2D eigenvalue weighted by Crippen LogP contribution is -2.40. The van der Waals surface area contributed by atoms with Gasteiger partial charge in [0.1, 0.15) is 17.2 Å². The zero-order valence-electron chi connectivity index (χ0n) is 22.8. The Kier molecular flexibility index (Phi) is 9.38. The summed E-state index contributed by atoms with van der Waals surface area (Å²) in [6, 6.07) is 16.5. The maximum atomic E-state index is 13.8. The van der Waals surface area contributed by atoms with E-state index in [4.69, 9.17) is 18.9 Å². The van der Waals surface area contributed by atoms with Crippen LogP contribution >= 0.6 is 0 Å². The standard InChI is InChI=1S/C27H31N3O9S2/c1-36-23-12-10-22(18-25(23)38-3)40(32,33)30(21-7-5-4-6-8-21)19-27(31)28-20-9-11-24(37-2)26(17-20)41(34,35)29-13-15-39-16-14-29/h4-12,17-18H,13-16,19H2,1-3H3,(H,28,31). The molecular weight excluding hydrogens is 574 g/mol. The summed E-state index contributed by atoms with van der Waals surface area (Å²) in [7, 11) is -4.03. The van der Waals surface area contributed by atoms with E-state index in [2.05, 4.69) is 5.32 Å². The molecule has 1 aliphatic heterocycles. The number of sulfonamides is 2. The summed E-state index contributed by atoms with van der Waals surface area (Å²) in [5, 5.41) is 2.62. The molecule has 4 rings (SSSR count). The third kappa shape index (κ3) is 6.56. The van der Waals surface area contributed by atoms with E-state index in [9.17, 15) is 21.6 Å². The molecule has 3 aromatic carbocycles. The molecule has 0 saturated carbocycles. The van der Waals surface area contributed by atoms with Gasteiger partial charge < -0.3 is 24.3 Å². The second-order valence-corrected chi connectivity index (χ2v) is 12.6. The van der Waals surface area contributed by atoms with Gasteiger partial charge in [0.2, 0.25) is 15.9 Å². The average Bonchev–Trinajstić information content (AvgIpc) is 3.00. The lowest BCUT2D eigenvalue weighted by Gasteiger charge is -2.27. The number of anilines is 2. The highest BCUT2D eigenvalue weighted by atomic mass is 32.2. The van der Waals surface area contributed by atoms with Gasteiger partial charge in [-0.2, -0.15) is 4.31 Å². The van der Waals surface area contributed by atoms with Gasteiger partial charge in [-0.3, -0.25) is 9.10 Å². The Bertz CT molecular complexity index is 1590. The number of nitrogens with one attached hydrogen (secondary N) is 1. The predicted molar refractivity (Wildman–Crippen MR) is 152 cm³/mol. The SMILES string of the molecule is COc1ccc(S(=O)(=O)N(CC(=O)Nc2ccc(OC)c(S(=O)(=O)N3CCOCC3)c2)c2ccccc2)cc1OC. The molecule has 1 saturated heterocycles. The highest BCUT2D eigenvalue weighted by Gasteiger charge is 2.31. The minimum absolute atomic E-state index is 0.108. The second kappa shape index (κ2) is 12.8. The number of hydrogen-bond donors (Lipinski definition) is 1. The molecule has 41 heavy (non-hydrogen) atoms. The number of hydrogen-bond acceptors (Lipinski definition) is 9. The van der Waals surface area contributed by atoms with Crippen molar-refractivity contribution in [2.24, 2.45) is 0 Å². The first kappa shape index (κ1) is 30.1. The van der Waals surface area contributed by atoms with E-state index in [1.807, 2.05) is 0 Å². The first-order chi connectivity index (χ1) is 19.6. The fraction of sp³-hybridized carbons (Fsp3) is 0.296. The smallest absolute Gasteiger partial charge is 0.264 e. The minimum Gasteiger partial charge on any atom is -0.495 e. The number of ether oxygens (including phenoxy) is 4. The van der Waals surface area contributed by atoms with Gasteiger partial charge in [-0.05, 0) is 42.5 Å². The lowest BCUT2D eigenvalue weighted by molar-refractivity contribution is -0.114. The van der Waals surface area contributed by atoms with Crippen LogP contribution in [0.5, 0.6) is 17.2 Å². The number of nitrogens with zero attached hydrogens (tertiary/aromatic N) is 2. The minimum atomic E-state index is -4.25. The molecule has 1 N–H and O–H groups in total. The Hall–Kier alpha value is -3.85. The second-order valence-electron chi connectivity index (χ2n) is 8.79. The molecule has 220 valence electrons. The van der Waals surface area contributed by atoms with Gasteiger partial charge >= 0.3 is 0 Å². The first-order valence-corrected chi connectivity index (χ1v) is 15.4. The summed E-state index contributed by atoms with van der Waals surface area (Å²) in [6.07, 6.45) is 0. The Balaban J connectivity index is 1.64. The van der Waals surface area contributed by atoms with Crippen LogP contribution < -0.4 is 23.8 Å². The van der Waals surface area contributed by atoms with E-state index in [-0.39, 0.29) is 59.0 Å². The molecule has 14 heteroatoms. The van der Waals surface area contributed by atoms with Crippen LogP contribution in [0.2, 0.25) is 0 Å². The lowest BCUT2D eigenvalue weighted by atomic mass is 10.3. The third-order valence-corrected chi connectivity index (χ3v) is 10.00. The van der Waals surface area contributed by atoms with Gasteiger partial charge in [-0.15, -0.1) is 0 Å². The van der Waals surface area contributed by atoms with Gasteiger partial charge in [0, 0.05) is 24.8 Å². The molecule has 12 nitrogen and oxygen atoms in total. The molecule has 1 heterocycles. The summed E-state index contributed by atoms with van der Waals surface area (Å²) >= 11 is 0. The number of carbonyl (C=O) groups is 1. The highest BCUT2D eigenvalue weighted by Crippen LogP contribution is 2.33. The number of amides is 1.